The summed E-state index contributed by atoms with van der Waals surface area (Å²) in [6.45, 7) is 7.38. The van der Waals surface area contributed by atoms with E-state index in [9.17, 15) is 0 Å². The zero-order valence-electron chi connectivity index (χ0n) is 15.2. The molecular weight excluding hydrogens is 308 g/mol. The van der Waals surface area contributed by atoms with Crippen molar-refractivity contribution in [3.05, 3.63) is 23.9 Å². The second-order valence-electron chi connectivity index (χ2n) is 5.48. The largest absolute Gasteiger partial charge is 0.475 e. The Morgan fingerprint density at radius 3 is 2.67 bits per heavy atom. The van der Waals surface area contributed by atoms with E-state index in [0.717, 1.165) is 24.5 Å². The molecule has 0 atom stereocenters. The van der Waals surface area contributed by atoms with Gasteiger partial charge in [-0.15, -0.1) is 0 Å². The Bertz CT molecular complexity index is 463. The van der Waals surface area contributed by atoms with Gasteiger partial charge in [0, 0.05) is 46.1 Å². The summed E-state index contributed by atoms with van der Waals surface area (Å²) in [5.74, 6) is 1.40. The summed E-state index contributed by atoms with van der Waals surface area (Å²) in [5, 5.41) is 6.50. The summed E-state index contributed by atoms with van der Waals surface area (Å²) in [6.07, 6.45) is 2.84. The lowest BCUT2D eigenvalue weighted by Crippen LogP contribution is -2.37. The molecule has 0 bridgehead atoms. The first-order valence-electron chi connectivity index (χ1n) is 8.28. The number of aromatic nitrogens is 1. The van der Waals surface area contributed by atoms with Gasteiger partial charge in [0.15, 0.2) is 5.96 Å². The zero-order valence-corrected chi connectivity index (χ0v) is 15.2. The minimum Gasteiger partial charge on any atom is -0.475 e. The van der Waals surface area contributed by atoms with Crippen molar-refractivity contribution in [3.63, 3.8) is 0 Å². The fourth-order valence-corrected chi connectivity index (χ4v) is 1.86. The molecule has 0 amide bonds. The van der Waals surface area contributed by atoms with Crippen LogP contribution in [-0.4, -0.2) is 57.6 Å². The molecule has 1 rings (SSSR count). The number of methoxy groups -OCH3 is 1. The molecule has 136 valence electrons. The molecule has 0 spiro atoms. The minimum absolute atomic E-state index is 0.128. The highest BCUT2D eigenvalue weighted by Crippen LogP contribution is 2.09. The Morgan fingerprint density at radius 1 is 1.21 bits per heavy atom. The minimum atomic E-state index is 0.128. The Kier molecular flexibility index (Phi) is 10.6. The highest BCUT2D eigenvalue weighted by atomic mass is 16.5. The van der Waals surface area contributed by atoms with Crippen LogP contribution in [0.25, 0.3) is 0 Å². The van der Waals surface area contributed by atoms with E-state index in [1.165, 1.54) is 0 Å². The molecule has 2 N–H and O–H groups in total. The van der Waals surface area contributed by atoms with Gasteiger partial charge in [-0.2, -0.15) is 0 Å². The molecule has 7 heteroatoms. The van der Waals surface area contributed by atoms with Crippen LogP contribution in [0.4, 0.5) is 0 Å². The van der Waals surface area contributed by atoms with Crippen molar-refractivity contribution in [3.8, 4) is 5.88 Å². The number of guanidine groups is 1. The van der Waals surface area contributed by atoms with Gasteiger partial charge in [0.2, 0.25) is 5.88 Å². The van der Waals surface area contributed by atoms with Gasteiger partial charge in [-0.25, -0.2) is 4.98 Å². The van der Waals surface area contributed by atoms with E-state index in [4.69, 9.17) is 14.2 Å². The quantitative estimate of drug-likeness (QED) is 0.362. The SMILES string of the molecule is CN=C(NCCCOCCOC)NCc1ccc(OC(C)C)nc1. The number of hydrogen-bond acceptors (Lipinski definition) is 5. The first-order valence-corrected chi connectivity index (χ1v) is 8.28. The molecule has 0 radical (unpaired) electrons. The predicted molar refractivity (Wildman–Crippen MR) is 95.5 cm³/mol. The van der Waals surface area contributed by atoms with E-state index >= 15 is 0 Å². The number of pyridine rings is 1. The first kappa shape index (κ1) is 20.2. The first-order chi connectivity index (χ1) is 11.7. The lowest BCUT2D eigenvalue weighted by atomic mass is 10.3. The summed E-state index contributed by atoms with van der Waals surface area (Å²) in [4.78, 5) is 8.48. The lowest BCUT2D eigenvalue weighted by Gasteiger charge is -2.12. The van der Waals surface area contributed by atoms with Gasteiger partial charge >= 0.3 is 0 Å². The average Bonchev–Trinajstić information content (AvgIpc) is 2.57. The van der Waals surface area contributed by atoms with E-state index < -0.39 is 0 Å². The van der Waals surface area contributed by atoms with Crippen molar-refractivity contribution in [2.24, 2.45) is 4.99 Å². The third-order valence-electron chi connectivity index (χ3n) is 3.03. The van der Waals surface area contributed by atoms with Crippen molar-refractivity contribution in [2.45, 2.75) is 32.9 Å². The molecule has 0 unspecified atom stereocenters. The Balaban J connectivity index is 2.21. The van der Waals surface area contributed by atoms with Gasteiger partial charge in [0.25, 0.3) is 0 Å². The molecular formula is C17H30N4O3. The molecule has 1 aromatic heterocycles. The van der Waals surface area contributed by atoms with Crippen LogP contribution in [0.1, 0.15) is 25.8 Å². The molecule has 0 saturated heterocycles. The van der Waals surface area contributed by atoms with Gasteiger partial charge in [-0.05, 0) is 25.8 Å². The van der Waals surface area contributed by atoms with Crippen molar-refractivity contribution >= 4 is 5.96 Å². The normalized spacial score (nSPS) is 11.6. The number of aliphatic imine (C=N–C) groups is 1. The van der Waals surface area contributed by atoms with Crippen LogP contribution < -0.4 is 15.4 Å². The fourth-order valence-electron chi connectivity index (χ4n) is 1.86. The molecule has 7 nitrogen and oxygen atoms in total. The topological polar surface area (TPSA) is 77.0 Å². The average molecular weight is 338 g/mol. The molecule has 24 heavy (non-hydrogen) atoms. The van der Waals surface area contributed by atoms with Crippen molar-refractivity contribution < 1.29 is 14.2 Å². The van der Waals surface area contributed by atoms with Crippen molar-refractivity contribution in [1.82, 2.24) is 15.6 Å². The molecule has 1 heterocycles. The maximum atomic E-state index is 5.53. The van der Waals surface area contributed by atoms with Crippen LogP contribution in [0.15, 0.2) is 23.3 Å². The van der Waals surface area contributed by atoms with E-state index in [-0.39, 0.29) is 6.10 Å². The highest BCUT2D eigenvalue weighted by molar-refractivity contribution is 5.79. The van der Waals surface area contributed by atoms with Crippen LogP contribution in [0.5, 0.6) is 5.88 Å². The van der Waals surface area contributed by atoms with Gasteiger partial charge in [-0.3, -0.25) is 4.99 Å². The number of hydrogen-bond donors (Lipinski definition) is 2. The van der Waals surface area contributed by atoms with Crippen molar-refractivity contribution in [2.75, 3.05) is 40.5 Å². The summed E-state index contributed by atoms with van der Waals surface area (Å²) < 4.78 is 15.9. The van der Waals surface area contributed by atoms with E-state index in [1.807, 2.05) is 32.2 Å². The van der Waals surface area contributed by atoms with Crippen LogP contribution in [0, 0.1) is 0 Å². The Morgan fingerprint density at radius 2 is 2.04 bits per heavy atom. The maximum Gasteiger partial charge on any atom is 0.213 e. The van der Waals surface area contributed by atoms with Gasteiger partial charge in [0.05, 0.1) is 19.3 Å². The zero-order chi connectivity index (χ0) is 17.6. The standard InChI is InChI=1S/C17H30N4O3/c1-14(2)24-16-7-6-15(12-20-16)13-21-17(18-3)19-8-5-9-23-11-10-22-4/h6-7,12,14H,5,8-11,13H2,1-4H3,(H2,18,19,21). The summed E-state index contributed by atoms with van der Waals surface area (Å²) in [6, 6.07) is 3.87. The fraction of sp³-hybridized carbons (Fsp3) is 0.647. The molecule has 0 aliphatic heterocycles. The van der Waals surface area contributed by atoms with Crippen LogP contribution >= 0.6 is 0 Å². The number of rotatable bonds is 11. The highest BCUT2D eigenvalue weighted by Gasteiger charge is 2.01. The van der Waals surface area contributed by atoms with E-state index in [1.54, 1.807) is 14.2 Å². The van der Waals surface area contributed by atoms with Gasteiger partial charge < -0.3 is 24.8 Å². The Labute approximate surface area is 144 Å². The lowest BCUT2D eigenvalue weighted by molar-refractivity contribution is 0.0698. The summed E-state index contributed by atoms with van der Waals surface area (Å²) >= 11 is 0. The molecule has 0 fully saturated rings. The van der Waals surface area contributed by atoms with Crippen LogP contribution in [-0.2, 0) is 16.0 Å². The molecule has 0 aromatic carbocycles. The number of nitrogens with zero attached hydrogens (tertiary/aromatic N) is 2. The molecule has 0 saturated carbocycles. The summed E-state index contributed by atoms with van der Waals surface area (Å²) in [7, 11) is 3.42. The summed E-state index contributed by atoms with van der Waals surface area (Å²) in [5.41, 5.74) is 1.07. The second kappa shape index (κ2) is 12.5. The molecule has 0 aliphatic rings. The monoisotopic (exact) mass is 338 g/mol. The third kappa shape index (κ3) is 9.32. The predicted octanol–water partition coefficient (Wildman–Crippen LogP) is 1.59. The van der Waals surface area contributed by atoms with E-state index in [2.05, 4.69) is 20.6 Å². The van der Waals surface area contributed by atoms with Gasteiger partial charge in [0.1, 0.15) is 0 Å². The third-order valence-corrected chi connectivity index (χ3v) is 3.03. The molecule has 0 aliphatic carbocycles. The van der Waals surface area contributed by atoms with Gasteiger partial charge in [-0.1, -0.05) is 6.07 Å². The van der Waals surface area contributed by atoms with Crippen LogP contribution in [0.3, 0.4) is 0 Å². The second-order valence-corrected chi connectivity index (χ2v) is 5.48. The van der Waals surface area contributed by atoms with Crippen molar-refractivity contribution in [1.29, 1.82) is 0 Å². The number of ether oxygens (including phenoxy) is 3. The maximum absolute atomic E-state index is 5.53. The number of nitrogens with one attached hydrogen (secondary N) is 2. The molecule has 1 aromatic rings. The Hall–Kier alpha value is -1.86. The smallest absolute Gasteiger partial charge is 0.213 e. The van der Waals surface area contributed by atoms with E-state index in [0.29, 0.717) is 32.2 Å². The van der Waals surface area contributed by atoms with Crippen LogP contribution in [0.2, 0.25) is 0 Å².